The zero-order valence-corrected chi connectivity index (χ0v) is 14.6. The summed E-state index contributed by atoms with van der Waals surface area (Å²) in [5.74, 6) is 0. The molecule has 0 bridgehead atoms. The van der Waals surface area contributed by atoms with Crippen LogP contribution in [0.5, 0.6) is 0 Å². The van der Waals surface area contributed by atoms with E-state index in [1.807, 2.05) is 30.3 Å². The number of fused-ring (bicyclic) bond motifs is 2. The van der Waals surface area contributed by atoms with Gasteiger partial charge in [-0.15, -0.1) is 0 Å². The molecule has 25 heavy (non-hydrogen) atoms. The van der Waals surface area contributed by atoms with E-state index in [0.29, 0.717) is 0 Å². The van der Waals surface area contributed by atoms with Crippen LogP contribution in [-0.4, -0.2) is 5.11 Å². The average Bonchev–Trinajstić information content (AvgIpc) is 2.62. The number of nitrogens with two attached hydrogens (primary N) is 3. The molecule has 4 heteroatoms. The Morgan fingerprint density at radius 3 is 1.36 bits per heavy atom. The first-order valence-electron chi connectivity index (χ1n) is 7.80. The quantitative estimate of drug-likeness (QED) is 0.324. The number of rotatable bonds is 0. The molecule has 0 aliphatic heterocycles. The van der Waals surface area contributed by atoms with Gasteiger partial charge in [-0.05, 0) is 34.4 Å². The van der Waals surface area contributed by atoms with Gasteiger partial charge in [0.25, 0.3) is 0 Å². The molecule has 0 radical (unpaired) electrons. The molecule has 0 fully saturated rings. The summed E-state index contributed by atoms with van der Waals surface area (Å²) in [6, 6.07) is 30.8. The van der Waals surface area contributed by atoms with Gasteiger partial charge in [-0.2, -0.15) is 0 Å². The lowest BCUT2D eigenvalue weighted by atomic mass is 10.1. The van der Waals surface area contributed by atoms with Crippen LogP contribution in [0.3, 0.4) is 0 Å². The van der Waals surface area contributed by atoms with Crippen LogP contribution in [0, 0.1) is 0 Å². The zero-order chi connectivity index (χ0) is 18.1. The first-order chi connectivity index (χ1) is 12.1. The Hall–Kier alpha value is -3.11. The Labute approximate surface area is 153 Å². The number of nitrogen functional groups attached to an aromatic ring is 1. The van der Waals surface area contributed by atoms with E-state index in [1.54, 1.807) is 0 Å². The molecule has 0 atom stereocenters. The molecule has 126 valence electrons. The van der Waals surface area contributed by atoms with Crippen molar-refractivity contribution in [3.8, 4) is 0 Å². The van der Waals surface area contributed by atoms with Crippen LogP contribution in [-0.2, 0) is 0 Å². The van der Waals surface area contributed by atoms with Crippen LogP contribution >= 0.6 is 12.2 Å². The van der Waals surface area contributed by atoms with E-state index in [0.717, 1.165) is 11.1 Å². The Morgan fingerprint density at radius 1 is 0.560 bits per heavy atom. The van der Waals surface area contributed by atoms with Crippen molar-refractivity contribution in [2.75, 3.05) is 5.73 Å². The molecule has 4 aromatic rings. The molecule has 0 saturated carbocycles. The van der Waals surface area contributed by atoms with Gasteiger partial charge in [0.1, 0.15) is 0 Å². The van der Waals surface area contributed by atoms with Crippen LogP contribution in [0.4, 0.5) is 5.69 Å². The van der Waals surface area contributed by atoms with Gasteiger partial charge in [0.15, 0.2) is 5.11 Å². The molecule has 0 aromatic heterocycles. The van der Waals surface area contributed by atoms with Gasteiger partial charge in [-0.1, -0.05) is 84.9 Å². The summed E-state index contributed by atoms with van der Waals surface area (Å²) in [5, 5.41) is 4.96. The second-order valence-corrected chi connectivity index (χ2v) is 5.79. The number of hydrogen-bond acceptors (Lipinski definition) is 2. The molecule has 0 aliphatic rings. The summed E-state index contributed by atoms with van der Waals surface area (Å²) in [7, 11) is 0. The monoisotopic (exact) mass is 347 g/mol. The predicted molar refractivity (Wildman–Crippen MR) is 113 cm³/mol. The third-order valence-corrected chi connectivity index (χ3v) is 3.48. The van der Waals surface area contributed by atoms with Gasteiger partial charge in [0.05, 0.1) is 0 Å². The minimum absolute atomic E-state index is 0.000000000000000222. The molecular weight excluding hydrogens is 326 g/mol. The summed E-state index contributed by atoms with van der Waals surface area (Å²) >= 11 is 4.09. The SMILES string of the molecule is NC(N)=S.Nc1cccc2ccccc12.c1ccc2ccccc2c1. The Kier molecular flexibility index (Phi) is 6.75. The van der Waals surface area contributed by atoms with Crippen molar-refractivity contribution in [1.29, 1.82) is 0 Å². The molecule has 6 N–H and O–H groups in total. The predicted octanol–water partition coefficient (Wildman–Crippen LogP) is 4.45. The normalized spacial score (nSPS) is 9.44. The van der Waals surface area contributed by atoms with Gasteiger partial charge in [-0.3, -0.25) is 0 Å². The van der Waals surface area contributed by atoms with Crippen molar-refractivity contribution in [3.63, 3.8) is 0 Å². The van der Waals surface area contributed by atoms with E-state index in [9.17, 15) is 0 Å². The maximum Gasteiger partial charge on any atom is 0.160 e. The summed E-state index contributed by atoms with van der Waals surface area (Å²) < 4.78 is 0. The van der Waals surface area contributed by atoms with E-state index < -0.39 is 0 Å². The average molecular weight is 347 g/mol. The Balaban J connectivity index is 0.000000150. The number of thiocarbonyl (C=S) groups is 1. The van der Waals surface area contributed by atoms with E-state index >= 15 is 0 Å². The highest BCUT2D eigenvalue weighted by atomic mass is 32.1. The van der Waals surface area contributed by atoms with E-state index in [-0.39, 0.29) is 5.11 Å². The van der Waals surface area contributed by atoms with Gasteiger partial charge >= 0.3 is 0 Å². The number of anilines is 1. The van der Waals surface area contributed by atoms with Crippen molar-refractivity contribution >= 4 is 44.6 Å². The minimum Gasteiger partial charge on any atom is -0.398 e. The minimum atomic E-state index is 0.000000000000000222. The largest absolute Gasteiger partial charge is 0.398 e. The molecule has 0 aliphatic carbocycles. The first kappa shape index (κ1) is 18.2. The fourth-order valence-corrected chi connectivity index (χ4v) is 2.38. The van der Waals surface area contributed by atoms with Crippen LogP contribution in [0.1, 0.15) is 0 Å². The van der Waals surface area contributed by atoms with Crippen LogP contribution in [0.25, 0.3) is 21.5 Å². The molecular formula is C21H21N3S. The molecule has 0 unspecified atom stereocenters. The van der Waals surface area contributed by atoms with E-state index in [4.69, 9.17) is 5.73 Å². The second-order valence-electron chi connectivity index (χ2n) is 5.32. The standard InChI is InChI=1S/C10H9N.C10H8.CH4N2S/c11-10-7-3-5-8-4-1-2-6-9(8)10;1-2-6-10-8-4-3-7-9(10)5-1;2-1(3)4/h1-7H,11H2;1-8H;(H4,2,3,4). The third-order valence-electron chi connectivity index (χ3n) is 3.48. The molecule has 0 amide bonds. The zero-order valence-electron chi connectivity index (χ0n) is 13.8. The van der Waals surface area contributed by atoms with Crippen molar-refractivity contribution in [3.05, 3.63) is 91.0 Å². The molecule has 0 spiro atoms. The van der Waals surface area contributed by atoms with Crippen molar-refractivity contribution in [2.45, 2.75) is 0 Å². The van der Waals surface area contributed by atoms with E-state index in [1.165, 1.54) is 16.2 Å². The van der Waals surface area contributed by atoms with Gasteiger partial charge in [0, 0.05) is 11.1 Å². The molecule has 0 saturated heterocycles. The van der Waals surface area contributed by atoms with Crippen molar-refractivity contribution in [2.24, 2.45) is 11.5 Å². The molecule has 4 rings (SSSR count). The fourth-order valence-electron chi connectivity index (χ4n) is 2.38. The van der Waals surface area contributed by atoms with Crippen LogP contribution < -0.4 is 17.2 Å². The highest BCUT2D eigenvalue weighted by Crippen LogP contribution is 2.19. The highest BCUT2D eigenvalue weighted by Gasteiger charge is 1.92. The lowest BCUT2D eigenvalue weighted by molar-refractivity contribution is 1.65. The first-order valence-corrected chi connectivity index (χ1v) is 8.20. The molecule has 4 aromatic carbocycles. The Morgan fingerprint density at radius 2 is 0.920 bits per heavy atom. The smallest absolute Gasteiger partial charge is 0.160 e. The summed E-state index contributed by atoms with van der Waals surface area (Å²) in [6.07, 6.45) is 0. The van der Waals surface area contributed by atoms with E-state index in [2.05, 4.69) is 84.3 Å². The molecule has 0 heterocycles. The number of benzene rings is 4. The lowest BCUT2D eigenvalue weighted by Crippen LogP contribution is -2.18. The van der Waals surface area contributed by atoms with Crippen molar-refractivity contribution in [1.82, 2.24) is 0 Å². The van der Waals surface area contributed by atoms with Gasteiger partial charge < -0.3 is 17.2 Å². The number of hydrogen-bond donors (Lipinski definition) is 3. The highest BCUT2D eigenvalue weighted by molar-refractivity contribution is 7.80. The third kappa shape index (κ3) is 5.79. The fraction of sp³-hybridized carbons (Fsp3) is 0. The van der Waals surface area contributed by atoms with Crippen LogP contribution in [0.15, 0.2) is 91.0 Å². The molecule has 3 nitrogen and oxygen atoms in total. The summed E-state index contributed by atoms with van der Waals surface area (Å²) in [5.41, 5.74) is 15.8. The summed E-state index contributed by atoms with van der Waals surface area (Å²) in [6.45, 7) is 0. The lowest BCUT2D eigenvalue weighted by Gasteiger charge is -1.98. The maximum atomic E-state index is 5.76. The van der Waals surface area contributed by atoms with Gasteiger partial charge in [-0.25, -0.2) is 0 Å². The maximum absolute atomic E-state index is 5.76. The topological polar surface area (TPSA) is 78.1 Å². The second kappa shape index (κ2) is 9.25. The van der Waals surface area contributed by atoms with Crippen molar-refractivity contribution < 1.29 is 0 Å². The van der Waals surface area contributed by atoms with Gasteiger partial charge in [0.2, 0.25) is 0 Å². The Bertz CT molecular complexity index is 892. The summed E-state index contributed by atoms with van der Waals surface area (Å²) in [4.78, 5) is 0. The van der Waals surface area contributed by atoms with Crippen LogP contribution in [0.2, 0.25) is 0 Å².